The molecule has 0 amide bonds. The molecular formula is C21H14ClF3N3O3-. The molecule has 6 nitrogen and oxygen atoms in total. The Kier molecular flexibility index (Phi) is 5.14. The van der Waals surface area contributed by atoms with Crippen molar-refractivity contribution in [1.82, 2.24) is 14.8 Å². The molecule has 0 saturated carbocycles. The molecular weight excluding hydrogens is 435 g/mol. The van der Waals surface area contributed by atoms with Gasteiger partial charge in [0.1, 0.15) is 12.4 Å². The Hall–Kier alpha value is -3.46. The van der Waals surface area contributed by atoms with E-state index in [4.69, 9.17) is 16.3 Å². The van der Waals surface area contributed by atoms with Crippen molar-refractivity contribution in [1.29, 1.82) is 0 Å². The first-order chi connectivity index (χ1) is 14.6. The number of halogens is 4. The number of H-pyrrole nitrogens is 1. The lowest BCUT2D eigenvalue weighted by Gasteiger charge is -2.11. The fourth-order valence-corrected chi connectivity index (χ4v) is 3.52. The van der Waals surface area contributed by atoms with E-state index in [0.717, 1.165) is 10.7 Å². The van der Waals surface area contributed by atoms with Crippen LogP contribution in [0.25, 0.3) is 16.6 Å². The maximum Gasteiger partial charge on any atom is 0.435 e. The molecule has 0 unspecified atom stereocenters. The first-order valence-electron chi connectivity index (χ1n) is 9.02. The van der Waals surface area contributed by atoms with Crippen molar-refractivity contribution in [2.75, 3.05) is 0 Å². The Morgan fingerprint density at radius 1 is 1.23 bits per heavy atom. The second-order valence-corrected chi connectivity index (χ2v) is 7.20. The normalized spacial score (nSPS) is 11.8. The number of alkyl halides is 3. The van der Waals surface area contributed by atoms with Gasteiger partial charge in [0, 0.05) is 22.2 Å². The molecule has 0 bridgehead atoms. The molecule has 4 aromatic rings. The topological polar surface area (TPSA) is 83.0 Å². The molecule has 2 heterocycles. The number of carbonyl (C=O) groups excluding carboxylic acids is 1. The van der Waals surface area contributed by atoms with E-state index in [0.29, 0.717) is 16.6 Å². The summed E-state index contributed by atoms with van der Waals surface area (Å²) >= 11 is 6.14. The van der Waals surface area contributed by atoms with Gasteiger partial charge in [0.15, 0.2) is 5.69 Å². The fraction of sp³-hybridized carbons (Fsp3) is 0.143. The van der Waals surface area contributed by atoms with E-state index in [9.17, 15) is 23.1 Å². The van der Waals surface area contributed by atoms with Crippen LogP contribution in [0.4, 0.5) is 13.2 Å². The van der Waals surface area contributed by atoms with Crippen LogP contribution in [0.2, 0.25) is 5.02 Å². The summed E-state index contributed by atoms with van der Waals surface area (Å²) in [5.74, 6) is -1.07. The van der Waals surface area contributed by atoms with E-state index < -0.39 is 17.8 Å². The number of fused-ring (bicyclic) bond motifs is 1. The number of aromatic nitrogens is 3. The number of nitrogens with one attached hydrogen (secondary N) is 1. The first-order valence-corrected chi connectivity index (χ1v) is 9.40. The zero-order chi connectivity index (χ0) is 22.3. The Labute approximate surface area is 178 Å². The van der Waals surface area contributed by atoms with Crippen LogP contribution in [0.1, 0.15) is 27.4 Å². The standard InChI is InChI=1S/C21H15ClF3N3O3/c1-11-19(20(29)30)14-9-13(6-7-16(14)26-11)31-10-12-8-18(21(23,24)25)27-28(12)17-5-3-2-4-15(17)22/h2-9,26H,10H2,1H3,(H,29,30)/p-1. The van der Waals surface area contributed by atoms with Gasteiger partial charge < -0.3 is 19.6 Å². The van der Waals surface area contributed by atoms with Crippen molar-refractivity contribution in [3.63, 3.8) is 0 Å². The van der Waals surface area contributed by atoms with Crippen LogP contribution in [0.15, 0.2) is 48.5 Å². The number of para-hydroxylation sites is 1. The minimum absolute atomic E-state index is 0.000849. The average molecular weight is 449 g/mol. The van der Waals surface area contributed by atoms with E-state index in [1.165, 1.54) is 6.07 Å². The van der Waals surface area contributed by atoms with Crippen LogP contribution >= 0.6 is 11.6 Å². The highest BCUT2D eigenvalue weighted by atomic mass is 35.5. The molecule has 2 aromatic carbocycles. The summed E-state index contributed by atoms with van der Waals surface area (Å²) in [4.78, 5) is 14.4. The van der Waals surface area contributed by atoms with Crippen LogP contribution in [0.3, 0.4) is 0 Å². The van der Waals surface area contributed by atoms with Gasteiger partial charge in [-0.15, -0.1) is 0 Å². The number of carbonyl (C=O) groups is 1. The molecule has 0 radical (unpaired) electrons. The molecule has 1 N–H and O–H groups in total. The third kappa shape index (κ3) is 3.96. The summed E-state index contributed by atoms with van der Waals surface area (Å²) in [6.45, 7) is 1.34. The second-order valence-electron chi connectivity index (χ2n) is 6.79. The molecule has 4 rings (SSSR count). The number of hydrogen-bond donors (Lipinski definition) is 1. The number of aryl methyl sites for hydroxylation is 1. The minimum Gasteiger partial charge on any atom is -0.545 e. The summed E-state index contributed by atoms with van der Waals surface area (Å²) in [5.41, 5.74) is 0.311. The van der Waals surface area contributed by atoms with Gasteiger partial charge in [0.2, 0.25) is 0 Å². The molecule has 2 aromatic heterocycles. The Balaban J connectivity index is 1.70. The van der Waals surface area contributed by atoms with Crippen molar-refractivity contribution in [3.8, 4) is 11.4 Å². The summed E-state index contributed by atoms with van der Waals surface area (Å²) in [6.07, 6.45) is -4.65. The molecule has 160 valence electrons. The quantitative estimate of drug-likeness (QED) is 0.494. The lowest BCUT2D eigenvalue weighted by molar-refractivity contribution is -0.254. The van der Waals surface area contributed by atoms with E-state index in [2.05, 4.69) is 10.1 Å². The van der Waals surface area contributed by atoms with Gasteiger partial charge in [0.05, 0.1) is 22.4 Å². The molecule has 0 spiro atoms. The first kappa shape index (κ1) is 20.8. The third-order valence-electron chi connectivity index (χ3n) is 4.70. The molecule has 0 aliphatic carbocycles. The number of aromatic carboxylic acids is 1. The summed E-state index contributed by atoms with van der Waals surface area (Å²) in [7, 11) is 0. The van der Waals surface area contributed by atoms with Crippen molar-refractivity contribution >= 4 is 28.5 Å². The van der Waals surface area contributed by atoms with Crippen LogP contribution in [0.5, 0.6) is 5.75 Å². The lowest BCUT2D eigenvalue weighted by Crippen LogP contribution is -2.22. The maximum atomic E-state index is 13.2. The van der Waals surface area contributed by atoms with Crippen molar-refractivity contribution in [2.24, 2.45) is 0 Å². The monoisotopic (exact) mass is 448 g/mol. The highest BCUT2D eigenvalue weighted by molar-refractivity contribution is 6.32. The maximum absolute atomic E-state index is 13.2. The molecule has 31 heavy (non-hydrogen) atoms. The van der Waals surface area contributed by atoms with Crippen molar-refractivity contribution < 1.29 is 27.8 Å². The van der Waals surface area contributed by atoms with E-state index >= 15 is 0 Å². The smallest absolute Gasteiger partial charge is 0.435 e. The second kappa shape index (κ2) is 7.66. The van der Waals surface area contributed by atoms with Crippen LogP contribution < -0.4 is 9.84 Å². The van der Waals surface area contributed by atoms with Gasteiger partial charge in [-0.05, 0) is 43.3 Å². The Bertz CT molecular complexity index is 1290. The van der Waals surface area contributed by atoms with E-state index in [-0.39, 0.29) is 34.3 Å². The molecule has 0 atom stereocenters. The number of aromatic amines is 1. The predicted octanol–water partition coefficient (Wildman–Crippen LogP) is 4.28. The van der Waals surface area contributed by atoms with Gasteiger partial charge in [-0.2, -0.15) is 18.3 Å². The van der Waals surface area contributed by atoms with Gasteiger partial charge in [-0.1, -0.05) is 23.7 Å². The number of ether oxygens (including phenoxy) is 1. The summed E-state index contributed by atoms with van der Waals surface area (Å²) < 4.78 is 46.5. The molecule has 0 fully saturated rings. The van der Waals surface area contributed by atoms with Crippen molar-refractivity contribution in [2.45, 2.75) is 19.7 Å². The van der Waals surface area contributed by atoms with E-state index in [1.807, 2.05) is 0 Å². The minimum atomic E-state index is -4.65. The number of rotatable bonds is 5. The van der Waals surface area contributed by atoms with E-state index in [1.54, 1.807) is 43.3 Å². The molecule has 0 saturated heterocycles. The largest absolute Gasteiger partial charge is 0.545 e. The van der Waals surface area contributed by atoms with Crippen LogP contribution in [-0.4, -0.2) is 20.7 Å². The Morgan fingerprint density at radius 2 is 1.97 bits per heavy atom. The van der Waals surface area contributed by atoms with Crippen LogP contribution in [0, 0.1) is 6.92 Å². The van der Waals surface area contributed by atoms with Gasteiger partial charge in [0.25, 0.3) is 0 Å². The number of nitrogens with zero attached hydrogens (tertiary/aromatic N) is 2. The fourth-order valence-electron chi connectivity index (χ4n) is 3.31. The number of hydrogen-bond acceptors (Lipinski definition) is 4. The summed E-state index contributed by atoms with van der Waals surface area (Å²) in [5, 5.41) is 15.7. The SMILES string of the molecule is Cc1[nH]c2ccc(OCc3cc(C(F)(F)F)nn3-c3ccccc3Cl)cc2c1C(=O)[O-]. The number of benzene rings is 2. The number of carboxylic acids is 1. The van der Waals surface area contributed by atoms with Gasteiger partial charge >= 0.3 is 6.18 Å². The molecule has 10 heteroatoms. The van der Waals surface area contributed by atoms with Gasteiger partial charge in [-0.25, -0.2) is 4.68 Å². The average Bonchev–Trinajstić information content (AvgIpc) is 3.26. The highest BCUT2D eigenvalue weighted by Crippen LogP contribution is 2.32. The van der Waals surface area contributed by atoms with Crippen LogP contribution in [-0.2, 0) is 12.8 Å². The summed E-state index contributed by atoms with van der Waals surface area (Å²) in [6, 6.07) is 11.9. The van der Waals surface area contributed by atoms with Gasteiger partial charge in [-0.3, -0.25) is 0 Å². The predicted molar refractivity (Wildman–Crippen MR) is 105 cm³/mol. The molecule has 0 aliphatic rings. The van der Waals surface area contributed by atoms with Crippen molar-refractivity contribution in [3.05, 3.63) is 76.2 Å². The molecule has 0 aliphatic heterocycles. The Morgan fingerprint density at radius 3 is 2.65 bits per heavy atom. The number of carboxylic acid groups (broad SMARTS) is 1. The highest BCUT2D eigenvalue weighted by Gasteiger charge is 2.35. The zero-order valence-electron chi connectivity index (χ0n) is 16.0. The third-order valence-corrected chi connectivity index (χ3v) is 5.02. The zero-order valence-corrected chi connectivity index (χ0v) is 16.7. The lowest BCUT2D eigenvalue weighted by atomic mass is 10.1.